The zero-order valence-corrected chi connectivity index (χ0v) is 6.39. The van der Waals surface area contributed by atoms with Crippen LogP contribution in [-0.2, 0) is 9.84 Å². The maximum Gasteiger partial charge on any atom is 0.419 e. The van der Waals surface area contributed by atoms with Crippen molar-refractivity contribution in [3.05, 3.63) is 0 Å². The van der Waals surface area contributed by atoms with E-state index in [4.69, 9.17) is 0 Å². The lowest BCUT2D eigenvalue weighted by molar-refractivity contribution is -0.115. The molecule has 1 atom stereocenters. The van der Waals surface area contributed by atoms with Crippen LogP contribution in [0.1, 0.15) is 0 Å². The second-order valence-corrected chi connectivity index (χ2v) is 4.51. The van der Waals surface area contributed by atoms with Gasteiger partial charge in [-0.05, 0) is 0 Å². The summed E-state index contributed by atoms with van der Waals surface area (Å²) >= 11 is 4.52. The monoisotopic (exact) mass is 196 g/mol. The summed E-state index contributed by atoms with van der Waals surface area (Å²) in [4.78, 5) is 0. The van der Waals surface area contributed by atoms with Gasteiger partial charge in [0.1, 0.15) is 0 Å². The molecule has 0 aromatic carbocycles. The highest BCUT2D eigenvalue weighted by molar-refractivity contribution is 7.92. The fourth-order valence-corrected chi connectivity index (χ4v) is 0.728. The lowest BCUT2D eigenvalue weighted by atomic mass is 10.8. The molecule has 62 valence electrons. The Morgan fingerprint density at radius 3 is 1.70 bits per heavy atom. The van der Waals surface area contributed by atoms with Crippen LogP contribution in [0.2, 0.25) is 0 Å². The Morgan fingerprint density at radius 2 is 1.70 bits per heavy atom. The predicted molar refractivity (Wildman–Crippen MR) is 30.5 cm³/mol. The van der Waals surface area contributed by atoms with Gasteiger partial charge in [-0.25, -0.2) is 8.42 Å². The average molecular weight is 197 g/mol. The second kappa shape index (κ2) is 2.58. The molecular weight excluding hydrogens is 193 g/mol. The molecule has 0 radical (unpaired) electrons. The number of sulfone groups is 1. The van der Waals surface area contributed by atoms with Crippen molar-refractivity contribution in [2.75, 3.05) is 6.26 Å². The number of halogens is 4. The summed E-state index contributed by atoms with van der Waals surface area (Å²) in [6, 6.07) is 0. The summed E-state index contributed by atoms with van der Waals surface area (Å²) in [5.74, 6) is 0. The van der Waals surface area contributed by atoms with E-state index in [9.17, 15) is 21.6 Å². The van der Waals surface area contributed by atoms with Crippen LogP contribution in [0, 0.1) is 0 Å². The van der Waals surface area contributed by atoms with Gasteiger partial charge in [0.2, 0.25) is 4.71 Å². The minimum Gasteiger partial charge on any atom is -0.227 e. The van der Waals surface area contributed by atoms with Crippen molar-refractivity contribution in [3.8, 4) is 0 Å². The first-order valence-electron chi connectivity index (χ1n) is 2.05. The van der Waals surface area contributed by atoms with Gasteiger partial charge in [-0.15, -0.1) is 0 Å². The molecular formula is C3H4ClF3O2S. The van der Waals surface area contributed by atoms with Gasteiger partial charge in [0.25, 0.3) is 0 Å². The van der Waals surface area contributed by atoms with E-state index in [-0.39, 0.29) is 0 Å². The largest absolute Gasteiger partial charge is 0.419 e. The lowest BCUT2D eigenvalue weighted by Crippen LogP contribution is -2.30. The molecule has 0 aliphatic rings. The number of hydrogen-bond donors (Lipinski definition) is 0. The molecule has 0 bridgehead atoms. The molecule has 0 aromatic heterocycles. The van der Waals surface area contributed by atoms with Crippen molar-refractivity contribution in [2.45, 2.75) is 10.9 Å². The number of rotatable bonds is 1. The molecule has 2 nitrogen and oxygen atoms in total. The molecule has 0 aliphatic heterocycles. The third-order valence-electron chi connectivity index (χ3n) is 0.633. The molecule has 0 saturated heterocycles. The standard InChI is InChI=1S/C3H4ClF3O2S/c1-10(8,9)2(4)3(5,6)7/h2H,1H3. The van der Waals surface area contributed by atoms with E-state index in [1.165, 1.54) is 0 Å². The van der Waals surface area contributed by atoms with E-state index in [1.807, 2.05) is 0 Å². The summed E-state index contributed by atoms with van der Waals surface area (Å²) < 4.78 is 51.8. The fraction of sp³-hybridized carbons (Fsp3) is 1.00. The van der Waals surface area contributed by atoms with Crippen LogP contribution in [0.5, 0.6) is 0 Å². The molecule has 0 aliphatic carbocycles. The summed E-state index contributed by atoms with van der Waals surface area (Å²) in [6.07, 6.45) is -4.45. The van der Waals surface area contributed by atoms with Gasteiger partial charge < -0.3 is 0 Å². The summed E-state index contributed by atoms with van der Waals surface area (Å²) in [7, 11) is -4.22. The zero-order chi connectivity index (χ0) is 8.58. The molecule has 10 heavy (non-hydrogen) atoms. The average Bonchev–Trinajstić information content (AvgIpc) is 1.59. The molecule has 7 heteroatoms. The van der Waals surface area contributed by atoms with Crippen molar-refractivity contribution in [1.29, 1.82) is 0 Å². The maximum atomic E-state index is 11.4. The van der Waals surface area contributed by atoms with Crippen LogP contribution in [-0.4, -0.2) is 25.6 Å². The molecule has 1 unspecified atom stereocenters. The van der Waals surface area contributed by atoms with E-state index in [0.717, 1.165) is 0 Å². The van der Waals surface area contributed by atoms with E-state index in [0.29, 0.717) is 6.26 Å². The van der Waals surface area contributed by atoms with Crippen molar-refractivity contribution < 1.29 is 21.6 Å². The SMILES string of the molecule is CS(=O)(=O)C(Cl)C(F)(F)F. The molecule has 0 amide bonds. The van der Waals surface area contributed by atoms with Crippen molar-refractivity contribution in [1.82, 2.24) is 0 Å². The molecule has 0 saturated carbocycles. The van der Waals surface area contributed by atoms with Gasteiger partial charge >= 0.3 is 6.18 Å². The first kappa shape index (κ1) is 10.0. The van der Waals surface area contributed by atoms with E-state index < -0.39 is 20.7 Å². The van der Waals surface area contributed by atoms with Gasteiger partial charge in [-0.2, -0.15) is 13.2 Å². The Balaban J connectivity index is 4.56. The highest BCUT2D eigenvalue weighted by atomic mass is 35.5. The summed E-state index contributed by atoms with van der Waals surface area (Å²) in [5.41, 5.74) is 0. The molecule has 0 spiro atoms. The highest BCUT2D eigenvalue weighted by Crippen LogP contribution is 2.28. The Morgan fingerprint density at radius 1 is 1.40 bits per heavy atom. The fourth-order valence-electron chi connectivity index (χ4n) is 0.243. The van der Waals surface area contributed by atoms with E-state index in [2.05, 4.69) is 11.6 Å². The Kier molecular flexibility index (Phi) is 2.59. The van der Waals surface area contributed by atoms with Gasteiger partial charge in [0.15, 0.2) is 9.84 Å². The minimum absolute atomic E-state index is 0.429. The smallest absolute Gasteiger partial charge is 0.227 e. The zero-order valence-electron chi connectivity index (χ0n) is 4.81. The van der Waals surface area contributed by atoms with Crippen LogP contribution in [0.3, 0.4) is 0 Å². The van der Waals surface area contributed by atoms with Crippen LogP contribution >= 0.6 is 11.6 Å². The maximum absolute atomic E-state index is 11.4. The topological polar surface area (TPSA) is 34.1 Å². The number of alkyl halides is 4. The quantitative estimate of drug-likeness (QED) is 0.590. The van der Waals surface area contributed by atoms with E-state index >= 15 is 0 Å². The summed E-state index contributed by atoms with van der Waals surface area (Å²) in [6.45, 7) is 0. The predicted octanol–water partition coefficient (Wildman–Crippen LogP) is 1.16. The molecule has 0 N–H and O–H groups in total. The molecule has 0 rings (SSSR count). The van der Waals surface area contributed by atoms with Crippen molar-refractivity contribution in [2.24, 2.45) is 0 Å². The third-order valence-corrected chi connectivity index (χ3v) is 2.87. The van der Waals surface area contributed by atoms with Gasteiger partial charge in [0, 0.05) is 6.26 Å². The number of hydrogen-bond acceptors (Lipinski definition) is 2. The first-order valence-corrected chi connectivity index (χ1v) is 4.44. The highest BCUT2D eigenvalue weighted by Gasteiger charge is 2.45. The second-order valence-electron chi connectivity index (χ2n) is 1.69. The van der Waals surface area contributed by atoms with Gasteiger partial charge in [0.05, 0.1) is 0 Å². The van der Waals surface area contributed by atoms with Crippen molar-refractivity contribution in [3.63, 3.8) is 0 Å². The molecule has 0 heterocycles. The normalized spacial score (nSPS) is 16.9. The third kappa shape index (κ3) is 2.74. The van der Waals surface area contributed by atoms with E-state index in [1.54, 1.807) is 0 Å². The van der Waals surface area contributed by atoms with Crippen LogP contribution < -0.4 is 0 Å². The Hall–Kier alpha value is 0.0300. The van der Waals surface area contributed by atoms with Gasteiger partial charge in [-0.3, -0.25) is 0 Å². The Labute approximate surface area is 60.9 Å². The Bertz CT molecular complexity index is 206. The van der Waals surface area contributed by atoms with Crippen molar-refractivity contribution >= 4 is 21.4 Å². The molecule has 0 aromatic rings. The van der Waals surface area contributed by atoms with Crippen LogP contribution in [0.4, 0.5) is 13.2 Å². The minimum atomic E-state index is -4.88. The summed E-state index contributed by atoms with van der Waals surface area (Å²) in [5, 5.41) is 0. The lowest BCUT2D eigenvalue weighted by Gasteiger charge is -2.10. The van der Waals surface area contributed by atoms with Crippen LogP contribution in [0.25, 0.3) is 0 Å². The first-order chi connectivity index (χ1) is 4.15. The molecule has 0 fully saturated rings. The van der Waals surface area contributed by atoms with Gasteiger partial charge in [-0.1, -0.05) is 11.6 Å². The van der Waals surface area contributed by atoms with Crippen LogP contribution in [0.15, 0.2) is 0 Å².